The topological polar surface area (TPSA) is 82.6 Å². The fourth-order valence-corrected chi connectivity index (χ4v) is 4.42. The Kier molecular flexibility index (Phi) is 6.43. The number of hydrogen-bond acceptors (Lipinski definition) is 5. The third-order valence-electron chi connectivity index (χ3n) is 4.57. The van der Waals surface area contributed by atoms with Gasteiger partial charge in [0.2, 0.25) is 10.0 Å². The van der Waals surface area contributed by atoms with E-state index in [1.54, 1.807) is 32.2 Å². The number of sulfonamides is 1. The van der Waals surface area contributed by atoms with Gasteiger partial charge in [0.05, 0.1) is 10.6 Å². The largest absolute Gasteiger partial charge is 0.336 e. The Balaban J connectivity index is 1.58. The molecule has 28 heavy (non-hydrogen) atoms. The normalized spacial score (nSPS) is 15.8. The summed E-state index contributed by atoms with van der Waals surface area (Å²) in [5.74, 6) is -0.0711. The van der Waals surface area contributed by atoms with Crippen molar-refractivity contribution >= 4 is 15.9 Å². The van der Waals surface area contributed by atoms with Gasteiger partial charge in [-0.25, -0.2) is 13.1 Å². The predicted molar refractivity (Wildman–Crippen MR) is 107 cm³/mol. The van der Waals surface area contributed by atoms with Crippen molar-refractivity contribution in [3.63, 3.8) is 0 Å². The summed E-state index contributed by atoms with van der Waals surface area (Å²) in [6.45, 7) is 7.16. The van der Waals surface area contributed by atoms with Gasteiger partial charge in [0, 0.05) is 50.5 Å². The highest BCUT2D eigenvalue weighted by molar-refractivity contribution is 7.89. The van der Waals surface area contributed by atoms with Crippen molar-refractivity contribution in [2.45, 2.75) is 31.3 Å². The lowest BCUT2D eigenvalue weighted by Gasteiger charge is -2.34. The van der Waals surface area contributed by atoms with E-state index in [0.29, 0.717) is 18.7 Å². The number of benzene rings is 1. The van der Waals surface area contributed by atoms with Crippen molar-refractivity contribution < 1.29 is 13.2 Å². The Morgan fingerprint density at radius 1 is 1.07 bits per heavy atom. The van der Waals surface area contributed by atoms with Gasteiger partial charge in [0.1, 0.15) is 0 Å². The average molecular weight is 403 g/mol. The molecule has 1 saturated heterocycles. The molecule has 1 amide bonds. The van der Waals surface area contributed by atoms with Crippen LogP contribution >= 0.6 is 0 Å². The Hall–Kier alpha value is -2.29. The number of nitrogens with zero attached hydrogens (tertiary/aromatic N) is 3. The summed E-state index contributed by atoms with van der Waals surface area (Å²) < 4.78 is 26.9. The van der Waals surface area contributed by atoms with Crippen LogP contribution in [-0.2, 0) is 16.6 Å². The van der Waals surface area contributed by atoms with E-state index in [9.17, 15) is 13.2 Å². The van der Waals surface area contributed by atoms with Gasteiger partial charge in [-0.05, 0) is 50.2 Å². The van der Waals surface area contributed by atoms with Gasteiger partial charge < -0.3 is 4.90 Å². The zero-order valence-corrected chi connectivity index (χ0v) is 17.0. The van der Waals surface area contributed by atoms with E-state index in [1.807, 2.05) is 23.1 Å². The lowest BCUT2D eigenvalue weighted by Crippen LogP contribution is -2.48. The van der Waals surface area contributed by atoms with Gasteiger partial charge in [-0.3, -0.25) is 14.7 Å². The fraction of sp³-hybridized carbons (Fsp3) is 0.400. The summed E-state index contributed by atoms with van der Waals surface area (Å²) in [6, 6.07) is 11.8. The molecule has 8 heteroatoms. The van der Waals surface area contributed by atoms with E-state index in [1.165, 1.54) is 12.1 Å². The number of aromatic nitrogens is 1. The number of carbonyl (C=O) groups excluding carboxylic acids is 1. The maximum Gasteiger partial charge on any atom is 0.253 e. The lowest BCUT2D eigenvalue weighted by molar-refractivity contribution is 0.0627. The van der Waals surface area contributed by atoms with Crippen molar-refractivity contribution in [1.82, 2.24) is 19.5 Å². The highest BCUT2D eigenvalue weighted by atomic mass is 32.2. The molecular formula is C20H26N4O3S. The molecule has 2 aromatic rings. The minimum absolute atomic E-state index is 0.0711. The molecule has 2 heterocycles. The zero-order chi connectivity index (χ0) is 20.1. The lowest BCUT2D eigenvalue weighted by atomic mass is 10.2. The summed E-state index contributed by atoms with van der Waals surface area (Å²) in [5.41, 5.74) is 1.52. The fourth-order valence-electron chi connectivity index (χ4n) is 3.17. The summed E-state index contributed by atoms with van der Waals surface area (Å²) in [4.78, 5) is 21.3. The molecule has 1 aromatic carbocycles. The zero-order valence-electron chi connectivity index (χ0n) is 16.2. The van der Waals surface area contributed by atoms with E-state index in [2.05, 4.69) is 14.6 Å². The van der Waals surface area contributed by atoms with Crippen LogP contribution < -0.4 is 4.72 Å². The number of pyridine rings is 1. The molecule has 3 rings (SSSR count). The third-order valence-corrected chi connectivity index (χ3v) is 6.25. The van der Waals surface area contributed by atoms with Gasteiger partial charge in [0.15, 0.2) is 0 Å². The first-order valence-corrected chi connectivity index (χ1v) is 10.9. The van der Waals surface area contributed by atoms with E-state index in [0.717, 1.165) is 25.3 Å². The third kappa shape index (κ3) is 5.15. The maximum atomic E-state index is 12.7. The second-order valence-electron chi connectivity index (χ2n) is 7.19. The van der Waals surface area contributed by atoms with E-state index in [4.69, 9.17) is 0 Å². The first-order chi connectivity index (χ1) is 13.3. The number of nitrogens with one attached hydrogen (secondary N) is 1. The molecule has 1 fully saturated rings. The van der Waals surface area contributed by atoms with Gasteiger partial charge in [-0.1, -0.05) is 6.07 Å². The summed E-state index contributed by atoms with van der Waals surface area (Å²) in [7, 11) is -3.55. The highest BCUT2D eigenvalue weighted by Gasteiger charge is 2.23. The first kappa shape index (κ1) is 20.4. The Morgan fingerprint density at radius 2 is 1.75 bits per heavy atom. The number of carbonyl (C=O) groups is 1. The van der Waals surface area contributed by atoms with Crippen LogP contribution in [0, 0.1) is 0 Å². The second kappa shape index (κ2) is 8.81. The summed E-state index contributed by atoms with van der Waals surface area (Å²) in [6.07, 6.45) is 1.79. The van der Waals surface area contributed by atoms with Crippen LogP contribution in [0.4, 0.5) is 0 Å². The number of piperazine rings is 1. The Labute approximate surface area is 166 Å². The van der Waals surface area contributed by atoms with Crippen LogP contribution in [0.25, 0.3) is 0 Å². The Bertz CT molecular complexity index is 891. The molecular weight excluding hydrogens is 376 g/mol. The quantitative estimate of drug-likeness (QED) is 0.796. The molecule has 1 aromatic heterocycles. The summed E-state index contributed by atoms with van der Waals surface area (Å²) in [5, 5.41) is 0. The monoisotopic (exact) mass is 402 g/mol. The van der Waals surface area contributed by atoms with E-state index in [-0.39, 0.29) is 16.8 Å². The molecule has 1 N–H and O–H groups in total. The minimum Gasteiger partial charge on any atom is -0.336 e. The van der Waals surface area contributed by atoms with Crippen molar-refractivity contribution in [2.75, 3.05) is 26.2 Å². The molecule has 1 aliphatic rings. The number of rotatable bonds is 6. The number of hydrogen-bond donors (Lipinski definition) is 1. The number of amides is 1. The highest BCUT2D eigenvalue weighted by Crippen LogP contribution is 2.15. The van der Waals surface area contributed by atoms with E-state index >= 15 is 0 Å². The molecule has 7 nitrogen and oxygen atoms in total. The molecule has 0 spiro atoms. The molecule has 0 radical (unpaired) electrons. The van der Waals surface area contributed by atoms with Crippen LogP contribution in [-0.4, -0.2) is 61.3 Å². The smallest absolute Gasteiger partial charge is 0.253 e. The predicted octanol–water partition coefficient (Wildman–Crippen LogP) is 1.73. The van der Waals surface area contributed by atoms with Crippen LogP contribution in [0.5, 0.6) is 0 Å². The van der Waals surface area contributed by atoms with Crippen LogP contribution in [0.1, 0.15) is 29.9 Å². The van der Waals surface area contributed by atoms with Crippen molar-refractivity contribution in [2.24, 2.45) is 0 Å². The standard InChI is InChI=1S/C20H26N4O3S/c1-16(2)22-28(26,27)19-8-6-17(7-9-19)20(25)24-13-11-23(12-14-24)15-18-5-3-4-10-21-18/h3-10,16,22H,11-15H2,1-2H3. The van der Waals surface area contributed by atoms with Crippen LogP contribution in [0.2, 0.25) is 0 Å². The average Bonchev–Trinajstić information content (AvgIpc) is 2.68. The first-order valence-electron chi connectivity index (χ1n) is 9.39. The van der Waals surface area contributed by atoms with Gasteiger partial charge in [-0.2, -0.15) is 0 Å². The molecule has 150 valence electrons. The molecule has 0 saturated carbocycles. The van der Waals surface area contributed by atoms with Gasteiger partial charge >= 0.3 is 0 Å². The van der Waals surface area contributed by atoms with Crippen molar-refractivity contribution in [3.8, 4) is 0 Å². The SMILES string of the molecule is CC(C)NS(=O)(=O)c1ccc(C(=O)N2CCN(Cc3ccccn3)CC2)cc1. The minimum atomic E-state index is -3.55. The molecule has 0 atom stereocenters. The molecule has 0 aliphatic carbocycles. The summed E-state index contributed by atoms with van der Waals surface area (Å²) >= 11 is 0. The van der Waals surface area contributed by atoms with Gasteiger partial charge in [0.25, 0.3) is 5.91 Å². The Morgan fingerprint density at radius 3 is 2.32 bits per heavy atom. The van der Waals surface area contributed by atoms with Crippen LogP contribution in [0.15, 0.2) is 53.6 Å². The van der Waals surface area contributed by atoms with Crippen molar-refractivity contribution in [1.29, 1.82) is 0 Å². The van der Waals surface area contributed by atoms with Crippen molar-refractivity contribution in [3.05, 3.63) is 59.9 Å². The maximum absolute atomic E-state index is 12.7. The second-order valence-corrected chi connectivity index (χ2v) is 8.90. The van der Waals surface area contributed by atoms with Crippen LogP contribution in [0.3, 0.4) is 0 Å². The molecule has 0 unspecified atom stereocenters. The molecule has 0 bridgehead atoms. The van der Waals surface area contributed by atoms with E-state index < -0.39 is 10.0 Å². The van der Waals surface area contributed by atoms with Gasteiger partial charge in [-0.15, -0.1) is 0 Å². The molecule has 1 aliphatic heterocycles.